The fraction of sp³-hybridized carbons (Fsp3) is 0.714. The van der Waals surface area contributed by atoms with Gasteiger partial charge in [0, 0.05) is 5.25 Å². The Morgan fingerprint density at radius 1 is 1.67 bits per heavy atom. The Kier molecular flexibility index (Phi) is 4.53. The van der Waals surface area contributed by atoms with E-state index in [-0.39, 0.29) is 0 Å². The van der Waals surface area contributed by atoms with Crippen LogP contribution in [0.25, 0.3) is 0 Å². The lowest BCUT2D eigenvalue weighted by Crippen LogP contribution is -1.94. The molecule has 0 bridgehead atoms. The van der Waals surface area contributed by atoms with Gasteiger partial charge in [0.15, 0.2) is 9.74 Å². The largest absolute Gasteiger partial charge is 0.212 e. The van der Waals surface area contributed by atoms with Crippen LogP contribution < -0.4 is 0 Å². The maximum absolute atomic E-state index is 4.22. The standard InChI is InChI=1S/C7H11BrN2S2/c1-3-5(2)11-4-6-9-7(8)12-10-6/h5H,3-4H2,1-2H3. The van der Waals surface area contributed by atoms with E-state index in [4.69, 9.17) is 0 Å². The van der Waals surface area contributed by atoms with E-state index in [0.29, 0.717) is 5.25 Å². The molecule has 0 fully saturated rings. The first-order valence-electron chi connectivity index (χ1n) is 3.82. The van der Waals surface area contributed by atoms with Crippen LogP contribution in [0, 0.1) is 0 Å². The van der Waals surface area contributed by atoms with Crippen LogP contribution in [0.5, 0.6) is 0 Å². The van der Waals surface area contributed by atoms with E-state index < -0.39 is 0 Å². The Hall–Kier alpha value is 0.390. The molecule has 0 aliphatic carbocycles. The van der Waals surface area contributed by atoms with Gasteiger partial charge in [-0.15, -0.1) is 0 Å². The van der Waals surface area contributed by atoms with E-state index in [1.807, 2.05) is 11.8 Å². The highest BCUT2D eigenvalue weighted by molar-refractivity contribution is 9.11. The molecular weight excluding hydrogens is 256 g/mol. The average molecular weight is 267 g/mol. The van der Waals surface area contributed by atoms with Crippen LogP contribution in [-0.2, 0) is 5.75 Å². The molecule has 1 unspecified atom stereocenters. The molecule has 68 valence electrons. The zero-order valence-corrected chi connectivity index (χ0v) is 10.3. The summed E-state index contributed by atoms with van der Waals surface area (Å²) in [6.07, 6.45) is 1.20. The summed E-state index contributed by atoms with van der Waals surface area (Å²) in [4.78, 5) is 4.22. The Labute approximate surface area is 89.5 Å². The molecule has 1 heterocycles. The van der Waals surface area contributed by atoms with Gasteiger partial charge in [0.1, 0.15) is 0 Å². The summed E-state index contributed by atoms with van der Waals surface area (Å²) < 4.78 is 5.06. The van der Waals surface area contributed by atoms with Crippen LogP contribution in [0.3, 0.4) is 0 Å². The lowest BCUT2D eigenvalue weighted by molar-refractivity contribution is 0.903. The van der Waals surface area contributed by atoms with Gasteiger partial charge in [0.2, 0.25) is 0 Å². The topological polar surface area (TPSA) is 25.8 Å². The van der Waals surface area contributed by atoms with Gasteiger partial charge in [-0.05, 0) is 33.9 Å². The molecule has 1 atom stereocenters. The van der Waals surface area contributed by atoms with Gasteiger partial charge in [-0.25, -0.2) is 4.98 Å². The summed E-state index contributed by atoms with van der Waals surface area (Å²) in [7, 11) is 0. The van der Waals surface area contributed by atoms with E-state index in [1.165, 1.54) is 18.0 Å². The van der Waals surface area contributed by atoms with Crippen molar-refractivity contribution in [1.82, 2.24) is 9.36 Å². The quantitative estimate of drug-likeness (QED) is 0.836. The minimum Gasteiger partial charge on any atom is -0.212 e. The van der Waals surface area contributed by atoms with Crippen LogP contribution in [0.1, 0.15) is 26.1 Å². The van der Waals surface area contributed by atoms with Gasteiger partial charge in [-0.3, -0.25) is 0 Å². The second-order valence-electron chi connectivity index (χ2n) is 2.49. The molecule has 0 spiro atoms. The fourth-order valence-corrected chi connectivity index (χ4v) is 2.36. The second-order valence-corrected chi connectivity index (χ2v) is 5.95. The smallest absolute Gasteiger partial charge is 0.179 e. The van der Waals surface area contributed by atoms with Gasteiger partial charge in [0.05, 0.1) is 5.75 Å². The Bertz CT molecular complexity index is 239. The lowest BCUT2D eigenvalue weighted by Gasteiger charge is -2.04. The molecule has 1 aromatic rings. The minimum atomic E-state index is 0.701. The number of halogens is 1. The molecule has 0 amide bonds. The van der Waals surface area contributed by atoms with Crippen LogP contribution in [0.2, 0.25) is 0 Å². The minimum absolute atomic E-state index is 0.701. The normalized spacial score (nSPS) is 13.2. The molecular formula is C7H11BrN2S2. The third-order valence-electron chi connectivity index (χ3n) is 1.52. The van der Waals surface area contributed by atoms with Gasteiger partial charge in [-0.2, -0.15) is 16.1 Å². The maximum atomic E-state index is 4.22. The Balaban J connectivity index is 2.33. The molecule has 0 saturated heterocycles. The molecule has 1 rings (SSSR count). The molecule has 0 aliphatic heterocycles. The van der Waals surface area contributed by atoms with Gasteiger partial charge >= 0.3 is 0 Å². The number of hydrogen-bond donors (Lipinski definition) is 0. The van der Waals surface area contributed by atoms with Crippen molar-refractivity contribution in [1.29, 1.82) is 0 Å². The summed E-state index contributed by atoms with van der Waals surface area (Å²) in [5.74, 6) is 1.87. The molecule has 0 aliphatic rings. The van der Waals surface area contributed by atoms with Crippen LogP contribution in [0.15, 0.2) is 3.92 Å². The second kappa shape index (κ2) is 5.19. The van der Waals surface area contributed by atoms with Crippen LogP contribution in [0.4, 0.5) is 0 Å². The summed E-state index contributed by atoms with van der Waals surface area (Å²) in [6, 6.07) is 0. The molecule has 0 aromatic carbocycles. The highest BCUT2D eigenvalue weighted by Crippen LogP contribution is 2.20. The molecule has 2 nitrogen and oxygen atoms in total. The summed E-state index contributed by atoms with van der Waals surface area (Å²) in [6.45, 7) is 4.42. The molecule has 0 N–H and O–H groups in total. The van der Waals surface area contributed by atoms with Crippen molar-refractivity contribution in [3.8, 4) is 0 Å². The number of rotatable bonds is 4. The maximum Gasteiger partial charge on any atom is 0.179 e. The molecule has 0 saturated carbocycles. The van der Waals surface area contributed by atoms with E-state index >= 15 is 0 Å². The number of nitrogens with zero attached hydrogens (tertiary/aromatic N) is 2. The zero-order valence-electron chi connectivity index (χ0n) is 7.08. The number of aromatic nitrogens is 2. The average Bonchev–Trinajstić information content (AvgIpc) is 2.47. The van der Waals surface area contributed by atoms with Crippen molar-refractivity contribution in [2.75, 3.05) is 0 Å². The van der Waals surface area contributed by atoms with Crippen LogP contribution >= 0.6 is 39.2 Å². The van der Waals surface area contributed by atoms with Gasteiger partial charge in [-0.1, -0.05) is 13.8 Å². The number of hydrogen-bond acceptors (Lipinski definition) is 4. The molecule has 5 heteroatoms. The van der Waals surface area contributed by atoms with Crippen molar-refractivity contribution in [3.05, 3.63) is 9.74 Å². The molecule has 0 radical (unpaired) electrons. The summed E-state index contributed by atoms with van der Waals surface area (Å²) >= 11 is 6.60. The van der Waals surface area contributed by atoms with Crippen molar-refractivity contribution < 1.29 is 0 Å². The summed E-state index contributed by atoms with van der Waals surface area (Å²) in [5.41, 5.74) is 0. The highest BCUT2D eigenvalue weighted by atomic mass is 79.9. The molecule has 12 heavy (non-hydrogen) atoms. The Morgan fingerprint density at radius 3 is 2.92 bits per heavy atom. The van der Waals surface area contributed by atoms with Crippen LogP contribution in [-0.4, -0.2) is 14.6 Å². The molecule has 1 aromatic heterocycles. The first-order chi connectivity index (χ1) is 5.72. The third kappa shape index (κ3) is 3.41. The fourth-order valence-electron chi connectivity index (χ4n) is 0.626. The number of thioether (sulfide) groups is 1. The van der Waals surface area contributed by atoms with Crippen molar-refractivity contribution in [2.24, 2.45) is 0 Å². The monoisotopic (exact) mass is 266 g/mol. The van der Waals surface area contributed by atoms with Gasteiger partial charge in [0.25, 0.3) is 0 Å². The first kappa shape index (κ1) is 10.5. The predicted octanol–water partition coefficient (Wildman–Crippen LogP) is 3.33. The Morgan fingerprint density at radius 2 is 2.42 bits per heavy atom. The zero-order chi connectivity index (χ0) is 8.97. The summed E-state index contributed by atoms with van der Waals surface area (Å²) in [5, 5.41) is 0.701. The van der Waals surface area contributed by atoms with E-state index in [1.54, 1.807) is 0 Å². The first-order valence-corrected chi connectivity index (χ1v) is 6.43. The predicted molar refractivity (Wildman–Crippen MR) is 58.7 cm³/mol. The van der Waals surface area contributed by atoms with E-state index in [0.717, 1.165) is 15.5 Å². The van der Waals surface area contributed by atoms with Gasteiger partial charge < -0.3 is 0 Å². The van der Waals surface area contributed by atoms with E-state index in [2.05, 4.69) is 39.1 Å². The van der Waals surface area contributed by atoms with Crippen molar-refractivity contribution in [3.63, 3.8) is 0 Å². The SMILES string of the molecule is CCC(C)SCc1nsc(Br)n1. The lowest BCUT2D eigenvalue weighted by atomic mass is 10.4. The highest BCUT2D eigenvalue weighted by Gasteiger charge is 2.04. The van der Waals surface area contributed by atoms with Crippen molar-refractivity contribution >= 4 is 39.2 Å². The van der Waals surface area contributed by atoms with Crippen molar-refractivity contribution in [2.45, 2.75) is 31.3 Å². The third-order valence-corrected chi connectivity index (χ3v) is 4.00. The van der Waals surface area contributed by atoms with E-state index in [9.17, 15) is 0 Å².